The van der Waals surface area contributed by atoms with Gasteiger partial charge in [0.25, 0.3) is 5.69 Å². The lowest BCUT2D eigenvalue weighted by molar-refractivity contribution is -0.384. The Morgan fingerprint density at radius 3 is 2.82 bits per heavy atom. The molecule has 1 aromatic rings. The van der Waals surface area contributed by atoms with Gasteiger partial charge in [-0.2, -0.15) is 5.26 Å². The summed E-state index contributed by atoms with van der Waals surface area (Å²) in [5, 5.41) is 21.7. The first kappa shape index (κ1) is 12.9. The van der Waals surface area contributed by atoms with Gasteiger partial charge in [0.05, 0.1) is 11.0 Å². The molecule has 1 amide bonds. The lowest BCUT2D eigenvalue weighted by Gasteiger charge is -2.06. The van der Waals surface area contributed by atoms with Crippen molar-refractivity contribution in [2.75, 3.05) is 5.32 Å². The summed E-state index contributed by atoms with van der Waals surface area (Å²) in [6.07, 6.45) is -0.372. The highest BCUT2D eigenvalue weighted by Gasteiger charge is 2.17. The van der Waals surface area contributed by atoms with E-state index in [1.54, 1.807) is 13.0 Å². The second-order valence-corrected chi connectivity index (χ2v) is 3.67. The highest BCUT2D eigenvalue weighted by Crippen LogP contribution is 2.30. The van der Waals surface area contributed by atoms with Gasteiger partial charge in [0.2, 0.25) is 5.91 Å². The number of aryl methyl sites for hydroxylation is 1. The highest BCUT2D eigenvalue weighted by atomic mass is 35.5. The summed E-state index contributed by atoms with van der Waals surface area (Å²) in [6.45, 7) is 1.62. The van der Waals surface area contributed by atoms with E-state index < -0.39 is 10.8 Å². The Labute approximate surface area is 102 Å². The van der Waals surface area contributed by atoms with Gasteiger partial charge in [-0.05, 0) is 18.6 Å². The topological polar surface area (TPSA) is 96.0 Å². The minimum atomic E-state index is -0.620. The lowest BCUT2D eigenvalue weighted by atomic mass is 10.2. The van der Waals surface area contributed by atoms with Crippen molar-refractivity contribution in [2.45, 2.75) is 13.3 Å². The maximum Gasteiger partial charge on any atom is 0.293 e. The Morgan fingerprint density at radius 1 is 1.65 bits per heavy atom. The van der Waals surface area contributed by atoms with Gasteiger partial charge >= 0.3 is 0 Å². The number of amides is 1. The number of anilines is 1. The number of halogens is 1. The first-order valence-electron chi connectivity index (χ1n) is 4.57. The molecule has 0 radical (unpaired) electrons. The van der Waals surface area contributed by atoms with Crippen LogP contribution in [0.15, 0.2) is 12.1 Å². The first-order chi connectivity index (χ1) is 7.95. The molecule has 1 N–H and O–H groups in total. The number of hydrogen-bond acceptors (Lipinski definition) is 4. The number of rotatable bonds is 3. The number of nitriles is 1. The molecule has 88 valence electrons. The standard InChI is InChI=1S/C10H8ClN3O3/c1-6-4-9(14(16)17)8(5-7(6)11)13-10(15)2-3-12/h4-5H,2H2,1H3,(H,13,15). The molecule has 0 aliphatic heterocycles. The number of nitrogens with one attached hydrogen (secondary N) is 1. The summed E-state index contributed by atoms with van der Waals surface area (Å²) in [5.74, 6) is -0.615. The van der Waals surface area contributed by atoms with Crippen molar-refractivity contribution in [3.63, 3.8) is 0 Å². The Kier molecular flexibility index (Phi) is 4.01. The quantitative estimate of drug-likeness (QED) is 0.661. The molecule has 17 heavy (non-hydrogen) atoms. The summed E-state index contributed by atoms with van der Waals surface area (Å²) in [4.78, 5) is 21.3. The molecule has 0 aliphatic rings. The summed E-state index contributed by atoms with van der Waals surface area (Å²) in [5.41, 5.74) is 0.278. The molecular formula is C10H8ClN3O3. The van der Waals surface area contributed by atoms with E-state index in [9.17, 15) is 14.9 Å². The predicted octanol–water partition coefficient (Wildman–Crippen LogP) is 2.41. The van der Waals surface area contributed by atoms with E-state index in [1.807, 2.05) is 0 Å². The molecule has 0 unspecified atom stereocenters. The van der Waals surface area contributed by atoms with Crippen LogP contribution in [0, 0.1) is 28.4 Å². The fourth-order valence-corrected chi connectivity index (χ4v) is 1.35. The van der Waals surface area contributed by atoms with Gasteiger partial charge in [-0.15, -0.1) is 0 Å². The molecule has 0 heterocycles. The number of benzene rings is 1. The van der Waals surface area contributed by atoms with Crippen LogP contribution in [-0.4, -0.2) is 10.8 Å². The van der Waals surface area contributed by atoms with Gasteiger partial charge in [0, 0.05) is 11.1 Å². The molecule has 0 bridgehead atoms. The van der Waals surface area contributed by atoms with Crippen LogP contribution >= 0.6 is 11.6 Å². The van der Waals surface area contributed by atoms with Gasteiger partial charge in [-0.3, -0.25) is 14.9 Å². The second-order valence-electron chi connectivity index (χ2n) is 3.26. The second kappa shape index (κ2) is 5.27. The Morgan fingerprint density at radius 2 is 2.29 bits per heavy atom. The van der Waals surface area contributed by atoms with Crippen LogP contribution in [0.25, 0.3) is 0 Å². The van der Waals surface area contributed by atoms with Crippen molar-refractivity contribution in [1.82, 2.24) is 0 Å². The van der Waals surface area contributed by atoms with Crippen LogP contribution in [0.4, 0.5) is 11.4 Å². The molecule has 0 saturated heterocycles. The molecule has 1 aromatic carbocycles. The van der Waals surface area contributed by atoms with Crippen LogP contribution in [0.2, 0.25) is 5.02 Å². The number of nitrogens with zero attached hydrogens (tertiary/aromatic N) is 2. The van der Waals surface area contributed by atoms with Crippen LogP contribution in [0.3, 0.4) is 0 Å². The van der Waals surface area contributed by atoms with Gasteiger partial charge in [0.15, 0.2) is 0 Å². The van der Waals surface area contributed by atoms with Crippen molar-refractivity contribution in [3.8, 4) is 6.07 Å². The molecule has 0 saturated carbocycles. The Hall–Kier alpha value is -2.13. The minimum Gasteiger partial charge on any atom is -0.319 e. The maximum atomic E-state index is 11.2. The number of hydrogen-bond donors (Lipinski definition) is 1. The normalized spacial score (nSPS) is 9.47. The number of nitro groups is 1. The minimum absolute atomic E-state index is 0.00847. The lowest BCUT2D eigenvalue weighted by Crippen LogP contribution is -2.11. The zero-order chi connectivity index (χ0) is 13.0. The van der Waals surface area contributed by atoms with Crippen molar-refractivity contribution in [2.24, 2.45) is 0 Å². The number of carbonyl (C=O) groups is 1. The fourth-order valence-electron chi connectivity index (χ4n) is 1.18. The van der Waals surface area contributed by atoms with E-state index in [-0.39, 0.29) is 17.8 Å². The molecule has 7 heteroatoms. The molecule has 0 spiro atoms. The molecule has 0 atom stereocenters. The monoisotopic (exact) mass is 253 g/mol. The van der Waals surface area contributed by atoms with Crippen LogP contribution in [0.1, 0.15) is 12.0 Å². The van der Waals surface area contributed by atoms with Gasteiger partial charge in [-0.1, -0.05) is 11.6 Å². The van der Waals surface area contributed by atoms with E-state index in [1.165, 1.54) is 12.1 Å². The van der Waals surface area contributed by atoms with Crippen molar-refractivity contribution in [1.29, 1.82) is 5.26 Å². The summed E-state index contributed by atoms with van der Waals surface area (Å²) >= 11 is 5.81. The van der Waals surface area contributed by atoms with E-state index in [2.05, 4.69) is 5.32 Å². The third-order valence-electron chi connectivity index (χ3n) is 1.99. The van der Waals surface area contributed by atoms with Crippen LogP contribution in [-0.2, 0) is 4.79 Å². The van der Waals surface area contributed by atoms with E-state index in [4.69, 9.17) is 16.9 Å². The van der Waals surface area contributed by atoms with Crippen LogP contribution < -0.4 is 5.32 Å². The fraction of sp³-hybridized carbons (Fsp3) is 0.200. The van der Waals surface area contributed by atoms with Crippen molar-refractivity contribution >= 4 is 28.9 Å². The molecule has 0 fully saturated rings. The van der Waals surface area contributed by atoms with E-state index >= 15 is 0 Å². The van der Waals surface area contributed by atoms with Crippen molar-refractivity contribution in [3.05, 3.63) is 32.8 Å². The molecular weight excluding hydrogens is 246 g/mol. The summed E-state index contributed by atoms with van der Waals surface area (Å²) in [7, 11) is 0. The highest BCUT2D eigenvalue weighted by molar-refractivity contribution is 6.31. The summed E-state index contributed by atoms with van der Waals surface area (Å²) in [6, 6.07) is 4.21. The van der Waals surface area contributed by atoms with Crippen molar-refractivity contribution < 1.29 is 9.72 Å². The Balaban J connectivity index is 3.14. The average molecular weight is 254 g/mol. The third-order valence-corrected chi connectivity index (χ3v) is 2.39. The van der Waals surface area contributed by atoms with Gasteiger partial charge in [-0.25, -0.2) is 0 Å². The molecule has 1 rings (SSSR count). The van der Waals surface area contributed by atoms with Gasteiger partial charge in [0.1, 0.15) is 12.1 Å². The maximum absolute atomic E-state index is 11.2. The van der Waals surface area contributed by atoms with Crippen LogP contribution in [0.5, 0.6) is 0 Å². The zero-order valence-electron chi connectivity index (χ0n) is 8.86. The van der Waals surface area contributed by atoms with Gasteiger partial charge < -0.3 is 5.32 Å². The predicted molar refractivity (Wildman–Crippen MR) is 61.7 cm³/mol. The zero-order valence-corrected chi connectivity index (χ0v) is 9.61. The van der Waals surface area contributed by atoms with E-state index in [0.717, 1.165) is 0 Å². The average Bonchev–Trinajstić information content (AvgIpc) is 2.23. The largest absolute Gasteiger partial charge is 0.319 e. The molecule has 0 aliphatic carbocycles. The first-order valence-corrected chi connectivity index (χ1v) is 4.95. The molecule has 6 nitrogen and oxygen atoms in total. The smallest absolute Gasteiger partial charge is 0.293 e. The number of carbonyl (C=O) groups excluding carboxylic acids is 1. The third kappa shape index (κ3) is 3.16. The Bertz CT molecular complexity index is 522. The molecule has 0 aromatic heterocycles. The van der Waals surface area contributed by atoms with E-state index in [0.29, 0.717) is 10.6 Å². The number of nitro benzene ring substituents is 1. The SMILES string of the molecule is Cc1cc([N+](=O)[O-])c(NC(=O)CC#N)cc1Cl. The summed E-state index contributed by atoms with van der Waals surface area (Å²) < 4.78 is 0.